The fraction of sp³-hybridized carbons (Fsp3) is 0.632. The Hall–Kier alpha value is -1.55. The summed E-state index contributed by atoms with van der Waals surface area (Å²) in [5.74, 6) is 1.11. The van der Waals surface area contributed by atoms with Gasteiger partial charge in [-0.05, 0) is 63.3 Å². The van der Waals surface area contributed by atoms with Crippen molar-refractivity contribution in [2.75, 3.05) is 26.3 Å². The Bertz CT molecular complexity index is 512. The SMILES string of the molecule is CCOc1ccc(C(=O)OC[C@H]2CCC[NH+]3CCCC[C@@H]23)cc1. The second kappa shape index (κ2) is 7.82. The molecule has 4 nitrogen and oxygen atoms in total. The van der Waals surface area contributed by atoms with Crippen LogP contribution in [0.25, 0.3) is 0 Å². The molecule has 1 aromatic rings. The summed E-state index contributed by atoms with van der Waals surface area (Å²) in [6, 6.07) is 7.92. The number of hydrogen-bond acceptors (Lipinski definition) is 3. The molecule has 0 saturated carbocycles. The Morgan fingerprint density at radius 1 is 1.13 bits per heavy atom. The molecule has 0 radical (unpaired) electrons. The van der Waals surface area contributed by atoms with Crippen LogP contribution in [-0.4, -0.2) is 38.3 Å². The van der Waals surface area contributed by atoms with Gasteiger partial charge in [0.25, 0.3) is 0 Å². The number of benzene rings is 1. The molecular formula is C19H28NO3+. The first-order valence-electron chi connectivity index (χ1n) is 9.02. The van der Waals surface area contributed by atoms with E-state index in [0.29, 0.717) is 30.7 Å². The van der Waals surface area contributed by atoms with E-state index in [0.717, 1.165) is 5.75 Å². The molecule has 0 amide bonds. The van der Waals surface area contributed by atoms with E-state index in [-0.39, 0.29) is 5.97 Å². The number of ether oxygens (including phenoxy) is 2. The van der Waals surface area contributed by atoms with Crippen LogP contribution in [0.2, 0.25) is 0 Å². The smallest absolute Gasteiger partial charge is 0.338 e. The van der Waals surface area contributed by atoms with Crippen molar-refractivity contribution in [2.24, 2.45) is 5.92 Å². The third kappa shape index (κ3) is 4.05. The van der Waals surface area contributed by atoms with Crippen molar-refractivity contribution in [1.82, 2.24) is 0 Å². The van der Waals surface area contributed by atoms with Gasteiger partial charge in [-0.25, -0.2) is 4.79 Å². The van der Waals surface area contributed by atoms with E-state index in [2.05, 4.69) is 0 Å². The maximum absolute atomic E-state index is 12.2. The fourth-order valence-corrected chi connectivity index (χ4v) is 4.10. The van der Waals surface area contributed by atoms with Crippen LogP contribution in [0, 0.1) is 5.92 Å². The summed E-state index contributed by atoms with van der Waals surface area (Å²) in [7, 11) is 0. The van der Waals surface area contributed by atoms with Crippen molar-refractivity contribution in [1.29, 1.82) is 0 Å². The largest absolute Gasteiger partial charge is 0.494 e. The first kappa shape index (κ1) is 16.3. The van der Waals surface area contributed by atoms with Crippen molar-refractivity contribution in [2.45, 2.75) is 45.1 Å². The van der Waals surface area contributed by atoms with Gasteiger partial charge in [-0.2, -0.15) is 0 Å². The number of piperidine rings is 2. The van der Waals surface area contributed by atoms with Gasteiger partial charge in [0.15, 0.2) is 0 Å². The van der Waals surface area contributed by atoms with Crippen molar-refractivity contribution in [3.8, 4) is 5.75 Å². The Morgan fingerprint density at radius 2 is 1.91 bits per heavy atom. The maximum Gasteiger partial charge on any atom is 0.338 e. The first-order valence-corrected chi connectivity index (χ1v) is 9.02. The summed E-state index contributed by atoms with van der Waals surface area (Å²) in [5.41, 5.74) is 0.608. The molecule has 3 atom stereocenters. The maximum atomic E-state index is 12.2. The number of carbonyl (C=O) groups excluding carboxylic acids is 1. The van der Waals surface area contributed by atoms with E-state index in [1.807, 2.05) is 19.1 Å². The molecule has 0 spiro atoms. The van der Waals surface area contributed by atoms with Gasteiger partial charge in [0.2, 0.25) is 0 Å². The number of nitrogens with one attached hydrogen (secondary N) is 1. The average molecular weight is 318 g/mol. The lowest BCUT2D eigenvalue weighted by atomic mass is 9.84. The molecule has 1 unspecified atom stereocenters. The molecular weight excluding hydrogens is 290 g/mol. The predicted molar refractivity (Wildman–Crippen MR) is 89.0 cm³/mol. The minimum absolute atomic E-state index is 0.212. The van der Waals surface area contributed by atoms with Crippen LogP contribution in [0.4, 0.5) is 0 Å². The molecule has 126 valence electrons. The second-order valence-electron chi connectivity index (χ2n) is 6.72. The molecule has 0 aromatic heterocycles. The van der Waals surface area contributed by atoms with Gasteiger partial charge in [-0.3, -0.25) is 0 Å². The van der Waals surface area contributed by atoms with Crippen molar-refractivity contribution < 1.29 is 19.2 Å². The molecule has 2 heterocycles. The Balaban J connectivity index is 1.53. The lowest BCUT2D eigenvalue weighted by molar-refractivity contribution is -0.940. The van der Waals surface area contributed by atoms with Crippen LogP contribution in [0.15, 0.2) is 24.3 Å². The van der Waals surface area contributed by atoms with Crippen LogP contribution in [0.3, 0.4) is 0 Å². The zero-order valence-electron chi connectivity index (χ0n) is 14.1. The van der Waals surface area contributed by atoms with E-state index in [1.165, 1.54) is 45.2 Å². The summed E-state index contributed by atoms with van der Waals surface area (Å²) in [5, 5.41) is 0. The summed E-state index contributed by atoms with van der Waals surface area (Å²) in [6.07, 6.45) is 6.43. The highest BCUT2D eigenvalue weighted by Crippen LogP contribution is 2.21. The number of fused-ring (bicyclic) bond motifs is 1. The standard InChI is InChI=1S/C19H27NO3/c1-2-22-17-10-8-15(9-11-17)19(21)23-14-16-6-5-13-20-12-4-3-7-18(16)20/h8-11,16,18H,2-7,12-14H2,1H3/p+1/t16-,18+/m1/s1. The Morgan fingerprint density at radius 3 is 2.70 bits per heavy atom. The number of carbonyl (C=O) groups is 1. The zero-order chi connectivity index (χ0) is 16.1. The second-order valence-corrected chi connectivity index (χ2v) is 6.72. The highest BCUT2D eigenvalue weighted by molar-refractivity contribution is 5.89. The molecule has 2 aliphatic heterocycles. The fourth-order valence-electron chi connectivity index (χ4n) is 4.10. The third-order valence-corrected chi connectivity index (χ3v) is 5.26. The minimum Gasteiger partial charge on any atom is -0.494 e. The Labute approximate surface area is 138 Å². The summed E-state index contributed by atoms with van der Waals surface area (Å²) >= 11 is 0. The quantitative estimate of drug-likeness (QED) is 0.845. The lowest BCUT2D eigenvalue weighted by Gasteiger charge is -2.40. The van der Waals surface area contributed by atoms with Gasteiger partial charge in [0.05, 0.1) is 31.3 Å². The molecule has 0 aliphatic carbocycles. The van der Waals surface area contributed by atoms with Gasteiger partial charge >= 0.3 is 5.97 Å². The lowest BCUT2D eigenvalue weighted by Crippen LogP contribution is -3.18. The number of hydrogen-bond donors (Lipinski definition) is 1. The molecule has 3 rings (SSSR count). The van der Waals surface area contributed by atoms with Crippen molar-refractivity contribution in [3.05, 3.63) is 29.8 Å². The van der Waals surface area contributed by atoms with Gasteiger partial charge < -0.3 is 14.4 Å². The van der Waals surface area contributed by atoms with Gasteiger partial charge in [-0.15, -0.1) is 0 Å². The van der Waals surface area contributed by atoms with Gasteiger partial charge in [0.1, 0.15) is 12.4 Å². The number of quaternary nitrogens is 1. The van der Waals surface area contributed by atoms with Gasteiger partial charge in [0, 0.05) is 5.92 Å². The molecule has 4 heteroatoms. The van der Waals surface area contributed by atoms with Crippen molar-refractivity contribution >= 4 is 5.97 Å². The van der Waals surface area contributed by atoms with Crippen LogP contribution in [0.5, 0.6) is 5.75 Å². The molecule has 2 aliphatic rings. The average Bonchev–Trinajstić information content (AvgIpc) is 2.60. The molecule has 1 N–H and O–H groups in total. The predicted octanol–water partition coefficient (Wildman–Crippen LogP) is 2.09. The van der Waals surface area contributed by atoms with Gasteiger partial charge in [-0.1, -0.05) is 0 Å². The first-order chi connectivity index (χ1) is 11.3. The highest BCUT2D eigenvalue weighted by atomic mass is 16.5. The van der Waals surface area contributed by atoms with Crippen LogP contribution < -0.4 is 9.64 Å². The Kier molecular flexibility index (Phi) is 5.55. The molecule has 23 heavy (non-hydrogen) atoms. The highest BCUT2D eigenvalue weighted by Gasteiger charge is 2.37. The topological polar surface area (TPSA) is 40.0 Å². The number of rotatable bonds is 5. The monoisotopic (exact) mass is 318 g/mol. The van der Waals surface area contributed by atoms with E-state index >= 15 is 0 Å². The summed E-state index contributed by atoms with van der Waals surface area (Å²) in [6.45, 7) is 5.75. The van der Waals surface area contributed by atoms with E-state index in [9.17, 15) is 4.79 Å². The molecule has 2 fully saturated rings. The molecule has 0 bridgehead atoms. The third-order valence-electron chi connectivity index (χ3n) is 5.26. The normalized spacial score (nSPS) is 27.1. The summed E-state index contributed by atoms with van der Waals surface area (Å²) in [4.78, 5) is 14.0. The molecule has 2 saturated heterocycles. The van der Waals surface area contributed by atoms with Crippen LogP contribution in [-0.2, 0) is 4.74 Å². The minimum atomic E-state index is -0.212. The summed E-state index contributed by atoms with van der Waals surface area (Å²) < 4.78 is 11.0. The van der Waals surface area contributed by atoms with E-state index in [1.54, 1.807) is 17.0 Å². The van der Waals surface area contributed by atoms with E-state index < -0.39 is 0 Å². The van der Waals surface area contributed by atoms with Crippen LogP contribution in [0.1, 0.15) is 49.4 Å². The zero-order valence-corrected chi connectivity index (χ0v) is 14.1. The molecule has 1 aromatic carbocycles. The number of esters is 1. The van der Waals surface area contributed by atoms with E-state index in [4.69, 9.17) is 9.47 Å². The van der Waals surface area contributed by atoms with Crippen LogP contribution >= 0.6 is 0 Å². The van der Waals surface area contributed by atoms with Crippen molar-refractivity contribution in [3.63, 3.8) is 0 Å².